The molecule has 1 rings (SSSR count). The highest BCUT2D eigenvalue weighted by Gasteiger charge is 2.18. The SMILES string of the molecule is CC(C)OC(=O)N(N=O)c1ccccc1. The van der Waals surface area contributed by atoms with E-state index < -0.39 is 6.09 Å². The van der Waals surface area contributed by atoms with Crippen molar-refractivity contribution in [2.75, 3.05) is 5.01 Å². The Labute approximate surface area is 87.6 Å². The maximum atomic E-state index is 11.4. The number of anilines is 1. The lowest BCUT2D eigenvalue weighted by molar-refractivity contribution is 0.122. The molecule has 0 aromatic heterocycles. The van der Waals surface area contributed by atoms with Gasteiger partial charge >= 0.3 is 6.09 Å². The summed E-state index contributed by atoms with van der Waals surface area (Å²) in [6.07, 6.45) is -1.06. The quantitative estimate of drug-likeness (QED) is 0.566. The molecule has 0 spiro atoms. The Morgan fingerprint density at radius 3 is 2.40 bits per heavy atom. The zero-order valence-corrected chi connectivity index (χ0v) is 8.58. The van der Waals surface area contributed by atoms with Crippen LogP contribution in [-0.4, -0.2) is 12.2 Å². The standard InChI is InChI=1S/C10H12N2O3/c1-8(2)15-10(13)12(11-14)9-6-4-3-5-7-9/h3-8H,1-2H3. The van der Waals surface area contributed by atoms with Gasteiger partial charge in [0.2, 0.25) is 0 Å². The normalized spacial score (nSPS) is 9.80. The Morgan fingerprint density at radius 2 is 1.93 bits per heavy atom. The molecule has 0 aliphatic rings. The van der Waals surface area contributed by atoms with Crippen LogP contribution in [0.15, 0.2) is 35.6 Å². The maximum absolute atomic E-state index is 11.4. The molecule has 1 aromatic rings. The second-order valence-electron chi connectivity index (χ2n) is 3.16. The summed E-state index contributed by atoms with van der Waals surface area (Å²) in [6.45, 7) is 3.40. The minimum Gasteiger partial charge on any atom is -0.445 e. The van der Waals surface area contributed by atoms with Crippen LogP contribution in [0, 0.1) is 4.91 Å². The molecule has 0 heterocycles. The fraction of sp³-hybridized carbons (Fsp3) is 0.300. The van der Waals surface area contributed by atoms with Gasteiger partial charge in [-0.1, -0.05) is 18.2 Å². The minimum atomic E-state index is -0.772. The van der Waals surface area contributed by atoms with Gasteiger partial charge in [0, 0.05) is 0 Å². The van der Waals surface area contributed by atoms with Gasteiger partial charge in [-0.2, -0.15) is 0 Å². The third-order valence-electron chi connectivity index (χ3n) is 1.59. The first-order chi connectivity index (χ1) is 7.15. The van der Waals surface area contributed by atoms with E-state index in [4.69, 9.17) is 4.74 Å². The Hall–Kier alpha value is -1.91. The van der Waals surface area contributed by atoms with E-state index in [-0.39, 0.29) is 6.10 Å². The molecule has 0 aliphatic carbocycles. The fourth-order valence-corrected chi connectivity index (χ4v) is 1.01. The molecule has 0 bridgehead atoms. The van der Waals surface area contributed by atoms with E-state index in [0.717, 1.165) is 0 Å². The minimum absolute atomic E-state index is 0.287. The summed E-state index contributed by atoms with van der Waals surface area (Å²) in [4.78, 5) is 21.9. The first-order valence-corrected chi connectivity index (χ1v) is 4.54. The number of rotatable bonds is 3. The van der Waals surface area contributed by atoms with Crippen molar-refractivity contribution in [1.82, 2.24) is 0 Å². The van der Waals surface area contributed by atoms with E-state index in [1.54, 1.807) is 44.2 Å². The predicted molar refractivity (Wildman–Crippen MR) is 56.3 cm³/mol. The van der Waals surface area contributed by atoms with Crippen LogP contribution in [0.2, 0.25) is 0 Å². The lowest BCUT2D eigenvalue weighted by atomic mass is 10.3. The number of para-hydroxylation sites is 1. The van der Waals surface area contributed by atoms with Gasteiger partial charge in [-0.05, 0) is 26.0 Å². The van der Waals surface area contributed by atoms with Crippen LogP contribution in [0.25, 0.3) is 0 Å². The van der Waals surface area contributed by atoms with Crippen molar-refractivity contribution in [1.29, 1.82) is 0 Å². The summed E-state index contributed by atoms with van der Waals surface area (Å²) >= 11 is 0. The van der Waals surface area contributed by atoms with Crippen molar-refractivity contribution in [3.05, 3.63) is 35.2 Å². The zero-order valence-electron chi connectivity index (χ0n) is 8.58. The zero-order chi connectivity index (χ0) is 11.3. The second-order valence-corrected chi connectivity index (χ2v) is 3.16. The van der Waals surface area contributed by atoms with E-state index in [1.165, 1.54) is 0 Å². The highest BCUT2D eigenvalue weighted by molar-refractivity contribution is 5.86. The molecule has 0 saturated heterocycles. The summed E-state index contributed by atoms with van der Waals surface area (Å²) in [6, 6.07) is 8.39. The molecule has 0 fully saturated rings. The number of hydrogen-bond acceptors (Lipinski definition) is 4. The molecule has 1 amide bonds. The van der Waals surface area contributed by atoms with Crippen molar-refractivity contribution in [3.8, 4) is 0 Å². The van der Waals surface area contributed by atoms with E-state index in [9.17, 15) is 9.70 Å². The van der Waals surface area contributed by atoms with Gasteiger partial charge in [-0.15, -0.1) is 9.92 Å². The lowest BCUT2D eigenvalue weighted by Crippen LogP contribution is -2.27. The Balaban J connectivity index is 2.81. The van der Waals surface area contributed by atoms with Crippen LogP contribution < -0.4 is 5.01 Å². The predicted octanol–water partition coefficient (Wildman–Crippen LogP) is 2.72. The third-order valence-corrected chi connectivity index (χ3v) is 1.59. The van der Waals surface area contributed by atoms with Crippen LogP contribution in [0.3, 0.4) is 0 Å². The summed E-state index contributed by atoms with van der Waals surface area (Å²) in [5, 5.41) is 3.30. The molecule has 1 aromatic carbocycles. The largest absolute Gasteiger partial charge is 0.445 e. The Kier molecular flexibility index (Phi) is 3.79. The molecule has 5 nitrogen and oxygen atoms in total. The molecule has 0 N–H and O–H groups in total. The molecule has 5 heteroatoms. The van der Waals surface area contributed by atoms with Gasteiger partial charge in [-0.3, -0.25) is 0 Å². The van der Waals surface area contributed by atoms with Crippen LogP contribution in [0.5, 0.6) is 0 Å². The average Bonchev–Trinajstić information content (AvgIpc) is 2.19. The number of carbonyl (C=O) groups excluding carboxylic acids is 1. The molecule has 0 saturated carbocycles. The van der Waals surface area contributed by atoms with Crippen LogP contribution in [-0.2, 0) is 4.74 Å². The van der Waals surface area contributed by atoms with Gasteiger partial charge in [0.05, 0.1) is 17.1 Å². The molecule has 0 aliphatic heterocycles. The molecule has 0 radical (unpaired) electrons. The van der Waals surface area contributed by atoms with E-state index in [0.29, 0.717) is 10.7 Å². The Morgan fingerprint density at radius 1 is 1.33 bits per heavy atom. The number of nitrogens with zero attached hydrogens (tertiary/aromatic N) is 2. The average molecular weight is 208 g/mol. The van der Waals surface area contributed by atoms with Crippen molar-refractivity contribution in [2.24, 2.45) is 5.29 Å². The highest BCUT2D eigenvalue weighted by atomic mass is 16.6. The van der Waals surface area contributed by atoms with Gasteiger partial charge < -0.3 is 4.74 Å². The summed E-state index contributed by atoms with van der Waals surface area (Å²) in [5.41, 5.74) is 0.387. The summed E-state index contributed by atoms with van der Waals surface area (Å²) in [5.74, 6) is 0. The number of benzene rings is 1. The number of hydrogen-bond donors (Lipinski definition) is 0. The first-order valence-electron chi connectivity index (χ1n) is 4.54. The molecule has 80 valence electrons. The van der Waals surface area contributed by atoms with Gasteiger partial charge in [0.15, 0.2) is 0 Å². The van der Waals surface area contributed by atoms with Gasteiger partial charge in [0.1, 0.15) is 0 Å². The van der Waals surface area contributed by atoms with Crippen LogP contribution in [0.1, 0.15) is 13.8 Å². The van der Waals surface area contributed by atoms with Crippen LogP contribution in [0.4, 0.5) is 10.5 Å². The van der Waals surface area contributed by atoms with E-state index >= 15 is 0 Å². The van der Waals surface area contributed by atoms with Gasteiger partial charge in [0.25, 0.3) is 0 Å². The summed E-state index contributed by atoms with van der Waals surface area (Å²) < 4.78 is 4.85. The number of amides is 1. The number of carbonyl (C=O) groups is 1. The van der Waals surface area contributed by atoms with Crippen LogP contribution >= 0.6 is 0 Å². The molecule has 15 heavy (non-hydrogen) atoms. The van der Waals surface area contributed by atoms with E-state index in [2.05, 4.69) is 5.29 Å². The molecular formula is C10H12N2O3. The first kappa shape index (κ1) is 11.2. The topological polar surface area (TPSA) is 59.0 Å². The third kappa shape index (κ3) is 3.05. The fourth-order valence-electron chi connectivity index (χ4n) is 1.01. The number of ether oxygens (including phenoxy) is 1. The molecule has 0 unspecified atom stereocenters. The van der Waals surface area contributed by atoms with Crippen molar-refractivity contribution in [3.63, 3.8) is 0 Å². The second kappa shape index (κ2) is 5.09. The monoisotopic (exact) mass is 208 g/mol. The highest BCUT2D eigenvalue weighted by Crippen LogP contribution is 2.15. The maximum Gasteiger partial charge on any atom is 0.438 e. The van der Waals surface area contributed by atoms with Crippen molar-refractivity contribution < 1.29 is 9.53 Å². The number of nitroso groups, excluding NO2 is 1. The molecule has 0 atom stereocenters. The lowest BCUT2D eigenvalue weighted by Gasteiger charge is -2.14. The Bertz CT molecular complexity index is 338. The van der Waals surface area contributed by atoms with E-state index in [1.807, 2.05) is 0 Å². The summed E-state index contributed by atoms with van der Waals surface area (Å²) in [7, 11) is 0. The van der Waals surface area contributed by atoms with Crippen molar-refractivity contribution >= 4 is 11.8 Å². The molecular weight excluding hydrogens is 196 g/mol. The van der Waals surface area contributed by atoms with Gasteiger partial charge in [-0.25, -0.2) is 4.79 Å². The smallest absolute Gasteiger partial charge is 0.438 e. The van der Waals surface area contributed by atoms with Crippen molar-refractivity contribution in [2.45, 2.75) is 20.0 Å².